The van der Waals surface area contributed by atoms with E-state index in [2.05, 4.69) is 24.7 Å². The lowest BCUT2D eigenvalue weighted by atomic mass is 10.4. The summed E-state index contributed by atoms with van der Waals surface area (Å²) in [5.74, 6) is 0.166. The van der Waals surface area contributed by atoms with E-state index in [1.807, 2.05) is 0 Å². The Morgan fingerprint density at radius 2 is 2.40 bits per heavy atom. The number of esters is 1. The minimum Gasteiger partial charge on any atom is -0.469 e. The van der Waals surface area contributed by atoms with Crippen molar-refractivity contribution in [1.29, 1.82) is 0 Å². The molecule has 0 atom stereocenters. The standard InChI is InChI=1S/C8H9N5O2/c1-15-5(14)2-4-12-7(9)6-8(13-4)11-3-10-6/h3H,2H2,1H3,(H3,9,10,11,12,13). The van der Waals surface area contributed by atoms with Gasteiger partial charge in [0.05, 0.1) is 13.4 Å². The van der Waals surface area contributed by atoms with E-state index in [9.17, 15) is 4.79 Å². The van der Waals surface area contributed by atoms with Gasteiger partial charge in [-0.25, -0.2) is 15.0 Å². The van der Waals surface area contributed by atoms with E-state index in [-0.39, 0.29) is 12.2 Å². The van der Waals surface area contributed by atoms with Gasteiger partial charge in [0, 0.05) is 0 Å². The van der Waals surface area contributed by atoms with Crippen molar-refractivity contribution in [2.75, 3.05) is 12.8 Å². The lowest BCUT2D eigenvalue weighted by Crippen LogP contribution is -2.09. The molecule has 0 aliphatic heterocycles. The minimum absolute atomic E-state index is 0.0104. The molecular formula is C8H9N5O2. The van der Waals surface area contributed by atoms with Crippen molar-refractivity contribution < 1.29 is 9.53 Å². The maximum absolute atomic E-state index is 11.0. The van der Waals surface area contributed by atoms with Gasteiger partial charge >= 0.3 is 5.97 Å². The third-order valence-electron chi connectivity index (χ3n) is 1.89. The molecule has 2 rings (SSSR count). The lowest BCUT2D eigenvalue weighted by molar-refractivity contribution is -0.139. The zero-order valence-corrected chi connectivity index (χ0v) is 8.02. The van der Waals surface area contributed by atoms with Crippen LogP contribution in [0.1, 0.15) is 5.82 Å². The van der Waals surface area contributed by atoms with Gasteiger partial charge in [-0.2, -0.15) is 0 Å². The number of carbonyl (C=O) groups is 1. The molecule has 78 valence electrons. The number of anilines is 1. The van der Waals surface area contributed by atoms with Crippen molar-refractivity contribution in [2.45, 2.75) is 6.42 Å². The summed E-state index contributed by atoms with van der Waals surface area (Å²) in [6.45, 7) is 0. The van der Waals surface area contributed by atoms with Crippen molar-refractivity contribution in [2.24, 2.45) is 0 Å². The molecule has 2 aromatic heterocycles. The van der Waals surface area contributed by atoms with Gasteiger partial charge in [0.25, 0.3) is 0 Å². The minimum atomic E-state index is -0.413. The Labute approximate surface area is 84.7 Å². The molecule has 7 nitrogen and oxygen atoms in total. The molecule has 0 fully saturated rings. The number of nitrogens with one attached hydrogen (secondary N) is 1. The van der Waals surface area contributed by atoms with Crippen LogP contribution in [-0.4, -0.2) is 33.0 Å². The number of methoxy groups -OCH3 is 1. The quantitative estimate of drug-likeness (QED) is 0.652. The van der Waals surface area contributed by atoms with Gasteiger partial charge in [-0.05, 0) is 0 Å². The average molecular weight is 207 g/mol. The van der Waals surface area contributed by atoms with Gasteiger partial charge in [-0.15, -0.1) is 0 Å². The number of nitrogens with two attached hydrogens (primary N) is 1. The predicted molar refractivity (Wildman–Crippen MR) is 51.8 cm³/mol. The molecule has 15 heavy (non-hydrogen) atoms. The predicted octanol–water partition coefficient (Wildman–Crippen LogP) is -0.349. The van der Waals surface area contributed by atoms with Crippen LogP contribution in [0.5, 0.6) is 0 Å². The van der Waals surface area contributed by atoms with Crippen LogP contribution in [0, 0.1) is 0 Å². The van der Waals surface area contributed by atoms with E-state index in [1.54, 1.807) is 0 Å². The maximum Gasteiger partial charge on any atom is 0.313 e. The Morgan fingerprint density at radius 3 is 3.13 bits per heavy atom. The fourth-order valence-electron chi connectivity index (χ4n) is 1.18. The molecule has 3 N–H and O–H groups in total. The van der Waals surface area contributed by atoms with E-state index < -0.39 is 5.97 Å². The van der Waals surface area contributed by atoms with Crippen LogP contribution < -0.4 is 5.73 Å². The number of nitrogens with zero attached hydrogens (tertiary/aromatic N) is 3. The summed E-state index contributed by atoms with van der Waals surface area (Å²) in [5.41, 5.74) is 6.66. The number of imidazole rings is 1. The third kappa shape index (κ3) is 1.71. The van der Waals surface area contributed by atoms with Gasteiger partial charge in [0.15, 0.2) is 11.5 Å². The summed E-state index contributed by atoms with van der Waals surface area (Å²) in [6.07, 6.45) is 1.46. The molecule has 0 saturated heterocycles. The summed E-state index contributed by atoms with van der Waals surface area (Å²) < 4.78 is 4.50. The van der Waals surface area contributed by atoms with Gasteiger partial charge in [-0.3, -0.25) is 4.79 Å². The van der Waals surface area contributed by atoms with E-state index in [0.717, 1.165) is 0 Å². The van der Waals surface area contributed by atoms with Crippen molar-refractivity contribution >= 4 is 23.0 Å². The van der Waals surface area contributed by atoms with Crippen LogP contribution in [0.25, 0.3) is 11.2 Å². The van der Waals surface area contributed by atoms with E-state index in [4.69, 9.17) is 5.73 Å². The molecule has 7 heteroatoms. The molecule has 0 spiro atoms. The van der Waals surface area contributed by atoms with Crippen LogP contribution in [0.4, 0.5) is 5.82 Å². The molecule has 0 amide bonds. The molecule has 0 aliphatic rings. The molecule has 2 aromatic rings. The number of carbonyl (C=O) groups excluding carboxylic acids is 1. The zero-order chi connectivity index (χ0) is 10.8. The molecule has 0 bridgehead atoms. The SMILES string of the molecule is COC(=O)Cc1nc(N)c2[nH]cnc2n1. The summed E-state index contributed by atoms with van der Waals surface area (Å²) >= 11 is 0. The van der Waals surface area contributed by atoms with Crippen molar-refractivity contribution in [1.82, 2.24) is 19.9 Å². The van der Waals surface area contributed by atoms with Crippen LogP contribution in [0.2, 0.25) is 0 Å². The normalized spacial score (nSPS) is 10.5. The molecule has 0 radical (unpaired) electrons. The van der Waals surface area contributed by atoms with E-state index >= 15 is 0 Å². The maximum atomic E-state index is 11.0. The number of hydrogen-bond donors (Lipinski definition) is 2. The number of H-pyrrole nitrogens is 1. The monoisotopic (exact) mass is 207 g/mol. The highest BCUT2D eigenvalue weighted by Gasteiger charge is 2.10. The smallest absolute Gasteiger partial charge is 0.313 e. The second kappa shape index (κ2) is 3.52. The van der Waals surface area contributed by atoms with Crippen molar-refractivity contribution in [3.8, 4) is 0 Å². The second-order valence-corrected chi connectivity index (χ2v) is 2.88. The third-order valence-corrected chi connectivity index (χ3v) is 1.89. The largest absolute Gasteiger partial charge is 0.469 e. The molecule has 0 aliphatic carbocycles. The highest BCUT2D eigenvalue weighted by atomic mass is 16.5. The zero-order valence-electron chi connectivity index (χ0n) is 8.02. The van der Waals surface area contributed by atoms with Crippen molar-refractivity contribution in [3.05, 3.63) is 12.2 Å². The van der Waals surface area contributed by atoms with E-state index in [1.165, 1.54) is 13.4 Å². The molecular weight excluding hydrogens is 198 g/mol. The number of aromatic nitrogens is 4. The first-order valence-corrected chi connectivity index (χ1v) is 4.23. The Balaban J connectivity index is 2.40. The molecule has 0 saturated carbocycles. The van der Waals surface area contributed by atoms with Gasteiger partial charge in [0.2, 0.25) is 0 Å². The topological polar surface area (TPSA) is 107 Å². The van der Waals surface area contributed by atoms with E-state index in [0.29, 0.717) is 17.0 Å². The summed E-state index contributed by atoms with van der Waals surface area (Å²) in [5, 5.41) is 0. The summed E-state index contributed by atoms with van der Waals surface area (Å²) in [7, 11) is 1.30. The molecule has 0 aromatic carbocycles. The molecule has 2 heterocycles. The summed E-state index contributed by atoms with van der Waals surface area (Å²) in [6, 6.07) is 0. The average Bonchev–Trinajstić information content (AvgIpc) is 2.66. The number of hydrogen-bond acceptors (Lipinski definition) is 6. The number of rotatable bonds is 2. The summed E-state index contributed by atoms with van der Waals surface area (Å²) in [4.78, 5) is 25.7. The highest BCUT2D eigenvalue weighted by molar-refractivity contribution is 5.81. The van der Waals surface area contributed by atoms with Crippen LogP contribution in [0.3, 0.4) is 0 Å². The number of nitrogen functional groups attached to an aromatic ring is 1. The first kappa shape index (κ1) is 9.38. The lowest BCUT2D eigenvalue weighted by Gasteiger charge is -2.00. The fourth-order valence-corrected chi connectivity index (χ4v) is 1.18. The number of aromatic amines is 1. The van der Waals surface area contributed by atoms with Crippen LogP contribution in [0.15, 0.2) is 6.33 Å². The Morgan fingerprint density at radius 1 is 1.60 bits per heavy atom. The van der Waals surface area contributed by atoms with Gasteiger partial charge in [-0.1, -0.05) is 0 Å². The van der Waals surface area contributed by atoms with Crippen LogP contribution >= 0.6 is 0 Å². The van der Waals surface area contributed by atoms with Gasteiger partial charge < -0.3 is 15.5 Å². The number of ether oxygens (including phenoxy) is 1. The fraction of sp³-hybridized carbons (Fsp3) is 0.250. The highest BCUT2D eigenvalue weighted by Crippen LogP contribution is 2.12. The molecule has 0 unspecified atom stereocenters. The first-order chi connectivity index (χ1) is 7.20. The Hall–Kier alpha value is -2.18. The number of fused-ring (bicyclic) bond motifs is 1. The Bertz CT molecular complexity index is 507. The Kier molecular flexibility index (Phi) is 2.20. The first-order valence-electron chi connectivity index (χ1n) is 4.23. The van der Waals surface area contributed by atoms with Crippen LogP contribution in [-0.2, 0) is 16.0 Å². The second-order valence-electron chi connectivity index (χ2n) is 2.88. The van der Waals surface area contributed by atoms with Gasteiger partial charge in [0.1, 0.15) is 17.8 Å². The van der Waals surface area contributed by atoms with Crippen molar-refractivity contribution in [3.63, 3.8) is 0 Å².